The molecule has 4 heteroatoms. The summed E-state index contributed by atoms with van der Waals surface area (Å²) in [6.07, 6.45) is 2.87. The van der Waals surface area contributed by atoms with Crippen molar-refractivity contribution in [3.05, 3.63) is 58.9 Å². The molecule has 2 rings (SSSR count). The molecular formula is C17H21ClN2O. The molecule has 0 amide bonds. The second-order valence-electron chi connectivity index (χ2n) is 4.98. The number of pyridine rings is 1. The van der Waals surface area contributed by atoms with Crippen LogP contribution in [0, 0.1) is 0 Å². The number of hydrogen-bond donors (Lipinski definition) is 1. The first-order valence-electron chi connectivity index (χ1n) is 7.26. The maximum absolute atomic E-state index is 6.30. The van der Waals surface area contributed by atoms with Crippen LogP contribution in [0.4, 0.5) is 0 Å². The zero-order chi connectivity index (χ0) is 15.1. The molecule has 0 aliphatic rings. The van der Waals surface area contributed by atoms with Gasteiger partial charge < -0.3 is 10.1 Å². The standard InChI is InChI=1S/C17H21ClN2O/c1-3-9-19-13(2)14-7-8-17(16(18)11-14)21-12-15-6-4-5-10-20-15/h4-8,10-11,13,19H,3,9,12H2,1-2H3. The van der Waals surface area contributed by atoms with Gasteiger partial charge in [-0.1, -0.05) is 30.7 Å². The van der Waals surface area contributed by atoms with Crippen molar-refractivity contribution in [3.8, 4) is 5.75 Å². The van der Waals surface area contributed by atoms with E-state index in [1.54, 1.807) is 6.20 Å². The second kappa shape index (κ2) is 8.01. The van der Waals surface area contributed by atoms with Gasteiger partial charge in [-0.3, -0.25) is 4.98 Å². The molecule has 0 saturated heterocycles. The third kappa shape index (κ3) is 4.73. The van der Waals surface area contributed by atoms with E-state index < -0.39 is 0 Å². The minimum atomic E-state index is 0.285. The van der Waals surface area contributed by atoms with Crippen LogP contribution in [0.5, 0.6) is 5.75 Å². The van der Waals surface area contributed by atoms with E-state index in [-0.39, 0.29) is 6.04 Å². The van der Waals surface area contributed by atoms with Crippen molar-refractivity contribution >= 4 is 11.6 Å². The fourth-order valence-electron chi connectivity index (χ4n) is 2.02. The normalized spacial score (nSPS) is 12.1. The van der Waals surface area contributed by atoms with Crippen LogP contribution < -0.4 is 10.1 Å². The second-order valence-corrected chi connectivity index (χ2v) is 5.38. The molecule has 0 aliphatic carbocycles. The number of hydrogen-bond acceptors (Lipinski definition) is 3. The average Bonchev–Trinajstić information content (AvgIpc) is 2.52. The Kier molecular flexibility index (Phi) is 6.03. The highest BCUT2D eigenvalue weighted by atomic mass is 35.5. The van der Waals surface area contributed by atoms with E-state index in [1.807, 2.05) is 36.4 Å². The van der Waals surface area contributed by atoms with Gasteiger partial charge in [-0.05, 0) is 49.7 Å². The van der Waals surface area contributed by atoms with Crippen molar-refractivity contribution in [1.82, 2.24) is 10.3 Å². The molecule has 1 unspecified atom stereocenters. The molecule has 1 atom stereocenters. The van der Waals surface area contributed by atoms with Crippen LogP contribution in [-0.2, 0) is 6.61 Å². The van der Waals surface area contributed by atoms with Crippen LogP contribution in [-0.4, -0.2) is 11.5 Å². The van der Waals surface area contributed by atoms with E-state index in [2.05, 4.69) is 24.1 Å². The summed E-state index contributed by atoms with van der Waals surface area (Å²) in [6.45, 7) is 5.71. The van der Waals surface area contributed by atoms with Crippen molar-refractivity contribution in [2.24, 2.45) is 0 Å². The molecule has 112 valence electrons. The Morgan fingerprint density at radius 2 is 2.14 bits per heavy atom. The molecule has 2 aromatic rings. The van der Waals surface area contributed by atoms with Crippen LogP contribution >= 0.6 is 11.6 Å². The van der Waals surface area contributed by atoms with E-state index in [9.17, 15) is 0 Å². The molecule has 0 saturated carbocycles. The molecule has 1 aromatic heterocycles. The summed E-state index contributed by atoms with van der Waals surface area (Å²) >= 11 is 6.30. The highest BCUT2D eigenvalue weighted by molar-refractivity contribution is 6.32. The lowest BCUT2D eigenvalue weighted by Crippen LogP contribution is -2.19. The summed E-state index contributed by atoms with van der Waals surface area (Å²) in [5, 5.41) is 4.08. The lowest BCUT2D eigenvalue weighted by Gasteiger charge is -2.15. The van der Waals surface area contributed by atoms with Crippen molar-refractivity contribution in [1.29, 1.82) is 0 Å². The SMILES string of the molecule is CCCNC(C)c1ccc(OCc2ccccn2)c(Cl)c1. The molecule has 0 spiro atoms. The van der Waals surface area contributed by atoms with Crippen molar-refractivity contribution in [2.45, 2.75) is 32.9 Å². The van der Waals surface area contributed by atoms with E-state index in [0.717, 1.165) is 18.7 Å². The Morgan fingerprint density at radius 3 is 2.81 bits per heavy atom. The molecule has 1 heterocycles. The van der Waals surface area contributed by atoms with Crippen LogP contribution in [0.25, 0.3) is 0 Å². The minimum absolute atomic E-state index is 0.285. The number of rotatable bonds is 7. The van der Waals surface area contributed by atoms with Crippen LogP contribution in [0.2, 0.25) is 5.02 Å². The van der Waals surface area contributed by atoms with Gasteiger partial charge in [0.1, 0.15) is 12.4 Å². The van der Waals surface area contributed by atoms with Gasteiger partial charge in [0.25, 0.3) is 0 Å². The van der Waals surface area contributed by atoms with E-state index >= 15 is 0 Å². The van der Waals surface area contributed by atoms with Crippen LogP contribution in [0.1, 0.15) is 37.6 Å². The van der Waals surface area contributed by atoms with Gasteiger partial charge in [0, 0.05) is 12.2 Å². The van der Waals surface area contributed by atoms with E-state index in [0.29, 0.717) is 17.4 Å². The molecule has 3 nitrogen and oxygen atoms in total. The zero-order valence-corrected chi connectivity index (χ0v) is 13.2. The number of nitrogens with zero attached hydrogens (tertiary/aromatic N) is 1. The Bertz CT molecular complexity index is 560. The third-order valence-corrected chi connectivity index (χ3v) is 3.55. The van der Waals surface area contributed by atoms with E-state index in [1.165, 1.54) is 5.56 Å². The predicted octanol–water partition coefficient (Wildman–Crippen LogP) is 4.37. The fourth-order valence-corrected chi connectivity index (χ4v) is 2.26. The molecule has 1 aromatic carbocycles. The lowest BCUT2D eigenvalue weighted by molar-refractivity contribution is 0.301. The smallest absolute Gasteiger partial charge is 0.138 e. The molecule has 0 bridgehead atoms. The molecule has 0 aliphatic heterocycles. The first-order valence-corrected chi connectivity index (χ1v) is 7.64. The number of benzene rings is 1. The average molecular weight is 305 g/mol. The monoisotopic (exact) mass is 304 g/mol. The molecule has 21 heavy (non-hydrogen) atoms. The summed E-state index contributed by atoms with van der Waals surface area (Å²) in [5.74, 6) is 0.689. The number of ether oxygens (including phenoxy) is 1. The summed E-state index contributed by atoms with van der Waals surface area (Å²) < 4.78 is 5.72. The predicted molar refractivity (Wildman–Crippen MR) is 86.7 cm³/mol. The summed E-state index contributed by atoms with van der Waals surface area (Å²) in [5.41, 5.74) is 2.05. The third-order valence-electron chi connectivity index (χ3n) is 3.26. The highest BCUT2D eigenvalue weighted by Crippen LogP contribution is 2.28. The molecule has 0 radical (unpaired) electrons. The van der Waals surface area contributed by atoms with Crippen molar-refractivity contribution < 1.29 is 4.74 Å². The Morgan fingerprint density at radius 1 is 1.29 bits per heavy atom. The van der Waals surface area contributed by atoms with Crippen LogP contribution in [0.15, 0.2) is 42.6 Å². The maximum atomic E-state index is 6.30. The first-order chi connectivity index (χ1) is 10.2. The highest BCUT2D eigenvalue weighted by Gasteiger charge is 2.08. The van der Waals surface area contributed by atoms with Gasteiger partial charge in [-0.15, -0.1) is 0 Å². The Hall–Kier alpha value is -1.58. The van der Waals surface area contributed by atoms with Crippen molar-refractivity contribution in [2.75, 3.05) is 6.54 Å². The van der Waals surface area contributed by atoms with Gasteiger partial charge in [-0.2, -0.15) is 0 Å². The van der Waals surface area contributed by atoms with Crippen LogP contribution in [0.3, 0.4) is 0 Å². The number of aromatic nitrogens is 1. The van der Waals surface area contributed by atoms with Gasteiger partial charge in [0.15, 0.2) is 0 Å². The molecule has 0 fully saturated rings. The fraction of sp³-hybridized carbons (Fsp3) is 0.353. The quantitative estimate of drug-likeness (QED) is 0.824. The zero-order valence-electron chi connectivity index (χ0n) is 12.5. The van der Waals surface area contributed by atoms with Crippen molar-refractivity contribution in [3.63, 3.8) is 0 Å². The Labute approximate surface area is 131 Å². The topological polar surface area (TPSA) is 34.1 Å². The number of halogens is 1. The van der Waals surface area contributed by atoms with Gasteiger partial charge in [0.2, 0.25) is 0 Å². The van der Waals surface area contributed by atoms with E-state index in [4.69, 9.17) is 16.3 Å². The first kappa shape index (κ1) is 15.8. The molecular weight excluding hydrogens is 284 g/mol. The summed E-state index contributed by atoms with van der Waals surface area (Å²) in [6, 6.07) is 12.0. The number of nitrogens with one attached hydrogen (secondary N) is 1. The summed E-state index contributed by atoms with van der Waals surface area (Å²) in [7, 11) is 0. The van der Waals surface area contributed by atoms with Gasteiger partial charge in [-0.25, -0.2) is 0 Å². The molecule has 1 N–H and O–H groups in total. The maximum Gasteiger partial charge on any atom is 0.138 e. The Balaban J connectivity index is 1.99. The minimum Gasteiger partial charge on any atom is -0.486 e. The lowest BCUT2D eigenvalue weighted by atomic mass is 10.1. The van der Waals surface area contributed by atoms with Gasteiger partial charge >= 0.3 is 0 Å². The largest absolute Gasteiger partial charge is 0.486 e. The summed E-state index contributed by atoms with van der Waals surface area (Å²) in [4.78, 5) is 4.22. The van der Waals surface area contributed by atoms with Gasteiger partial charge in [0.05, 0.1) is 10.7 Å².